The summed E-state index contributed by atoms with van der Waals surface area (Å²) in [6.07, 6.45) is 9.73. The number of Topliss-reactive ketones (excluding diaryl/α,β-unsaturated/α-hetero) is 1. The number of carbonyl (C=O) groups excluding carboxylic acids is 1. The van der Waals surface area contributed by atoms with Gasteiger partial charge in [0, 0.05) is 23.2 Å². The molecule has 0 amide bonds. The highest BCUT2D eigenvalue weighted by atomic mass is 16.1. The second-order valence-electron chi connectivity index (χ2n) is 4.88. The minimum atomic E-state index is 0.0286. The second-order valence-corrected chi connectivity index (χ2v) is 4.88. The number of hydrogen-bond acceptors (Lipinski definition) is 3. The van der Waals surface area contributed by atoms with Crippen molar-refractivity contribution in [1.29, 1.82) is 0 Å². The van der Waals surface area contributed by atoms with Crippen LogP contribution in [-0.4, -0.2) is 5.78 Å². The molecule has 3 nitrogen and oxygen atoms in total. The van der Waals surface area contributed by atoms with Gasteiger partial charge >= 0.3 is 0 Å². The van der Waals surface area contributed by atoms with Crippen LogP contribution in [0.15, 0.2) is 23.5 Å². The Bertz CT molecular complexity index is 312. The molecule has 88 valence electrons. The van der Waals surface area contributed by atoms with Gasteiger partial charge in [-0.25, -0.2) is 0 Å². The molecule has 2 aliphatic rings. The van der Waals surface area contributed by atoms with Gasteiger partial charge in [-0.1, -0.05) is 12.2 Å². The van der Waals surface area contributed by atoms with E-state index in [1.54, 1.807) is 0 Å². The summed E-state index contributed by atoms with van der Waals surface area (Å²) in [5, 5.41) is 0. The molecule has 2 atom stereocenters. The third-order valence-electron chi connectivity index (χ3n) is 3.52. The van der Waals surface area contributed by atoms with Gasteiger partial charge in [0.2, 0.25) is 0 Å². The molecule has 0 aromatic rings. The molecule has 2 unspecified atom stereocenters. The van der Waals surface area contributed by atoms with Crippen LogP contribution in [0.5, 0.6) is 0 Å². The molecule has 0 bridgehead atoms. The summed E-state index contributed by atoms with van der Waals surface area (Å²) in [7, 11) is 0. The van der Waals surface area contributed by atoms with Gasteiger partial charge in [0.1, 0.15) is 5.78 Å². The molecule has 2 aliphatic carbocycles. The summed E-state index contributed by atoms with van der Waals surface area (Å²) in [4.78, 5) is 12.2. The predicted molar refractivity (Wildman–Crippen MR) is 64.2 cm³/mol. The summed E-state index contributed by atoms with van der Waals surface area (Å²) < 4.78 is 0. The maximum atomic E-state index is 12.2. The largest absolute Gasteiger partial charge is 0.402 e. The molecular formula is C13H20N2O. The Labute approximate surface area is 96.6 Å². The van der Waals surface area contributed by atoms with Crippen molar-refractivity contribution in [3.8, 4) is 0 Å². The zero-order valence-corrected chi connectivity index (χ0v) is 9.61. The van der Waals surface area contributed by atoms with Crippen LogP contribution in [-0.2, 0) is 4.79 Å². The summed E-state index contributed by atoms with van der Waals surface area (Å²) >= 11 is 0. The number of carbonyl (C=O) groups is 1. The van der Waals surface area contributed by atoms with Crippen molar-refractivity contribution in [2.24, 2.45) is 23.3 Å². The molecule has 0 radical (unpaired) electrons. The van der Waals surface area contributed by atoms with Crippen molar-refractivity contribution in [2.75, 3.05) is 0 Å². The first-order chi connectivity index (χ1) is 7.66. The molecular weight excluding hydrogens is 200 g/mol. The summed E-state index contributed by atoms with van der Waals surface area (Å²) in [5.74, 6) is 0.368. The smallest absolute Gasteiger partial charge is 0.146 e. The highest BCUT2D eigenvalue weighted by Crippen LogP contribution is 2.28. The zero-order chi connectivity index (χ0) is 11.5. The van der Waals surface area contributed by atoms with Crippen molar-refractivity contribution < 1.29 is 4.79 Å². The molecule has 16 heavy (non-hydrogen) atoms. The van der Waals surface area contributed by atoms with E-state index in [-0.39, 0.29) is 11.8 Å². The highest BCUT2D eigenvalue weighted by Gasteiger charge is 2.27. The van der Waals surface area contributed by atoms with E-state index >= 15 is 0 Å². The van der Waals surface area contributed by atoms with Gasteiger partial charge in [-0.2, -0.15) is 0 Å². The molecule has 0 saturated heterocycles. The van der Waals surface area contributed by atoms with Crippen LogP contribution in [0.25, 0.3) is 0 Å². The summed E-state index contributed by atoms with van der Waals surface area (Å²) in [6.45, 7) is 0. The SMILES string of the molecule is NC1=CC(C(=O)C2C=C(N)CCC2)CCC1. The van der Waals surface area contributed by atoms with E-state index < -0.39 is 0 Å². The van der Waals surface area contributed by atoms with Crippen LogP contribution in [0.2, 0.25) is 0 Å². The van der Waals surface area contributed by atoms with E-state index in [0.717, 1.165) is 49.9 Å². The summed E-state index contributed by atoms with van der Waals surface area (Å²) in [6, 6.07) is 0. The van der Waals surface area contributed by atoms with Crippen molar-refractivity contribution in [3.05, 3.63) is 23.5 Å². The highest BCUT2D eigenvalue weighted by molar-refractivity contribution is 5.86. The fraction of sp³-hybridized carbons (Fsp3) is 0.615. The van der Waals surface area contributed by atoms with Gasteiger partial charge in [0.15, 0.2) is 0 Å². The minimum absolute atomic E-state index is 0.0286. The lowest BCUT2D eigenvalue weighted by atomic mass is 9.81. The molecule has 0 aromatic heterocycles. The first kappa shape index (κ1) is 11.2. The lowest BCUT2D eigenvalue weighted by Gasteiger charge is -2.24. The molecule has 0 aliphatic heterocycles. The number of allylic oxidation sites excluding steroid dienone is 4. The standard InChI is InChI=1S/C13H20N2O/c14-11-5-1-3-9(7-11)13(16)10-4-2-6-12(15)8-10/h7-10H,1-6,14-15H2. The number of rotatable bonds is 2. The lowest BCUT2D eigenvalue weighted by Crippen LogP contribution is -2.26. The zero-order valence-electron chi connectivity index (χ0n) is 9.61. The Hall–Kier alpha value is -1.25. The van der Waals surface area contributed by atoms with Crippen LogP contribution in [0.4, 0.5) is 0 Å². The van der Waals surface area contributed by atoms with Gasteiger partial charge in [-0.3, -0.25) is 4.79 Å². The average molecular weight is 220 g/mol. The molecule has 0 spiro atoms. The molecule has 0 fully saturated rings. The molecule has 0 heterocycles. The fourth-order valence-electron chi connectivity index (χ4n) is 2.63. The predicted octanol–water partition coefficient (Wildman–Crippen LogP) is 1.84. The second kappa shape index (κ2) is 4.73. The average Bonchev–Trinajstić information content (AvgIpc) is 2.28. The first-order valence-corrected chi connectivity index (χ1v) is 6.13. The van der Waals surface area contributed by atoms with E-state index in [4.69, 9.17) is 11.5 Å². The quantitative estimate of drug-likeness (QED) is 0.746. The topological polar surface area (TPSA) is 69.1 Å². The molecule has 3 heteroatoms. The van der Waals surface area contributed by atoms with Crippen LogP contribution in [0.3, 0.4) is 0 Å². The lowest BCUT2D eigenvalue weighted by molar-refractivity contribution is -0.124. The van der Waals surface area contributed by atoms with Crippen molar-refractivity contribution >= 4 is 5.78 Å². The Kier molecular flexibility index (Phi) is 3.32. The van der Waals surface area contributed by atoms with Gasteiger partial charge in [-0.15, -0.1) is 0 Å². The van der Waals surface area contributed by atoms with Crippen LogP contribution >= 0.6 is 0 Å². The third kappa shape index (κ3) is 2.46. The molecule has 2 rings (SSSR count). The van der Waals surface area contributed by atoms with E-state index in [2.05, 4.69) is 0 Å². The number of nitrogens with two attached hydrogens (primary N) is 2. The maximum absolute atomic E-state index is 12.2. The van der Waals surface area contributed by atoms with Crippen LogP contribution in [0, 0.1) is 11.8 Å². The molecule has 0 aromatic carbocycles. The van der Waals surface area contributed by atoms with Gasteiger partial charge in [0.05, 0.1) is 0 Å². The number of ketones is 1. The van der Waals surface area contributed by atoms with Crippen LogP contribution < -0.4 is 11.5 Å². The Morgan fingerprint density at radius 3 is 1.81 bits per heavy atom. The Morgan fingerprint density at radius 1 is 1.00 bits per heavy atom. The molecule has 0 saturated carbocycles. The van der Waals surface area contributed by atoms with Gasteiger partial charge < -0.3 is 11.5 Å². The first-order valence-electron chi connectivity index (χ1n) is 6.13. The summed E-state index contributed by atoms with van der Waals surface area (Å²) in [5.41, 5.74) is 13.3. The van der Waals surface area contributed by atoms with Crippen LogP contribution in [0.1, 0.15) is 38.5 Å². The fourth-order valence-corrected chi connectivity index (χ4v) is 2.63. The van der Waals surface area contributed by atoms with Crippen molar-refractivity contribution in [3.63, 3.8) is 0 Å². The van der Waals surface area contributed by atoms with Gasteiger partial charge in [0.25, 0.3) is 0 Å². The van der Waals surface area contributed by atoms with Gasteiger partial charge in [-0.05, 0) is 38.5 Å². The van der Waals surface area contributed by atoms with Crippen molar-refractivity contribution in [1.82, 2.24) is 0 Å². The normalized spacial score (nSPS) is 30.5. The van der Waals surface area contributed by atoms with E-state index in [0.29, 0.717) is 5.78 Å². The maximum Gasteiger partial charge on any atom is 0.146 e. The number of hydrogen-bond donors (Lipinski definition) is 2. The van der Waals surface area contributed by atoms with Crippen molar-refractivity contribution in [2.45, 2.75) is 38.5 Å². The van der Waals surface area contributed by atoms with E-state index in [1.807, 2.05) is 12.2 Å². The monoisotopic (exact) mass is 220 g/mol. The van der Waals surface area contributed by atoms with E-state index in [9.17, 15) is 4.79 Å². The Morgan fingerprint density at radius 2 is 1.44 bits per heavy atom. The molecule has 4 N–H and O–H groups in total. The Balaban J connectivity index is 2.07. The third-order valence-corrected chi connectivity index (χ3v) is 3.52. The minimum Gasteiger partial charge on any atom is -0.402 e. The van der Waals surface area contributed by atoms with E-state index in [1.165, 1.54) is 0 Å².